The Morgan fingerprint density at radius 2 is 1.76 bits per heavy atom. The number of rotatable bonds is 3. The Hall–Kier alpha value is -2.88. The molecule has 4 rings (SSSR count). The fraction of sp³-hybridized carbons (Fsp3) is 0.0588. The molecule has 2 heterocycles. The maximum absolute atomic E-state index is 5.73. The zero-order chi connectivity index (χ0) is 14.1. The van der Waals surface area contributed by atoms with E-state index in [1.807, 2.05) is 54.6 Å². The molecule has 0 aliphatic carbocycles. The Labute approximate surface area is 121 Å². The van der Waals surface area contributed by atoms with E-state index in [9.17, 15) is 0 Å². The Kier molecular flexibility index (Phi) is 2.78. The highest BCUT2D eigenvalue weighted by Crippen LogP contribution is 2.23. The number of fused-ring (bicyclic) bond motifs is 3. The van der Waals surface area contributed by atoms with E-state index in [0.29, 0.717) is 12.6 Å². The number of H-pyrrole nitrogens is 1. The summed E-state index contributed by atoms with van der Waals surface area (Å²) in [6, 6.07) is 18.5. The number of ether oxygens (including phenoxy) is 1. The summed E-state index contributed by atoms with van der Waals surface area (Å²) in [6.45, 7) is 0.492. The summed E-state index contributed by atoms with van der Waals surface area (Å²) in [5.41, 5.74) is 3.83. The Balaban J connectivity index is 1.69. The molecule has 2 aromatic carbocycles. The van der Waals surface area contributed by atoms with Crippen molar-refractivity contribution in [3.63, 3.8) is 0 Å². The van der Waals surface area contributed by atoms with Crippen molar-refractivity contribution >= 4 is 21.9 Å². The van der Waals surface area contributed by atoms with E-state index in [4.69, 9.17) is 4.74 Å². The molecule has 0 fully saturated rings. The van der Waals surface area contributed by atoms with Crippen LogP contribution in [0.4, 0.5) is 0 Å². The van der Waals surface area contributed by atoms with Gasteiger partial charge in [0, 0.05) is 5.39 Å². The predicted molar refractivity (Wildman–Crippen MR) is 82.2 cm³/mol. The largest absolute Gasteiger partial charge is 0.460 e. The number of pyridine rings is 1. The maximum atomic E-state index is 5.73. The fourth-order valence-corrected chi connectivity index (χ4v) is 2.38. The first-order chi connectivity index (χ1) is 10.4. The number of aromatic amines is 1. The van der Waals surface area contributed by atoms with Crippen molar-refractivity contribution in [3.05, 3.63) is 66.4 Å². The second kappa shape index (κ2) is 4.90. The zero-order valence-corrected chi connectivity index (χ0v) is 11.3. The smallest absolute Gasteiger partial charge is 0.295 e. The lowest BCUT2D eigenvalue weighted by atomic mass is 10.2. The highest BCUT2D eigenvalue weighted by molar-refractivity contribution is 6.01. The van der Waals surface area contributed by atoms with Crippen LogP contribution in [0.2, 0.25) is 0 Å². The van der Waals surface area contributed by atoms with Crippen LogP contribution in [0.1, 0.15) is 5.56 Å². The third kappa shape index (κ3) is 2.21. The normalized spacial score (nSPS) is 11.0. The number of nitrogens with one attached hydrogen (secondary N) is 1. The van der Waals surface area contributed by atoms with E-state index in [2.05, 4.69) is 15.0 Å². The van der Waals surface area contributed by atoms with Crippen LogP contribution in [-0.4, -0.2) is 15.0 Å². The van der Waals surface area contributed by atoms with Crippen LogP contribution < -0.4 is 4.74 Å². The van der Waals surface area contributed by atoms with Crippen LogP contribution in [0.25, 0.3) is 21.9 Å². The summed E-state index contributed by atoms with van der Waals surface area (Å²) >= 11 is 0. The molecule has 0 aliphatic heterocycles. The summed E-state index contributed by atoms with van der Waals surface area (Å²) in [6.07, 6.45) is 1.79. The number of aromatic nitrogens is 3. The van der Waals surface area contributed by atoms with Gasteiger partial charge in [0.05, 0.1) is 17.2 Å². The van der Waals surface area contributed by atoms with Crippen LogP contribution in [0.3, 0.4) is 0 Å². The Morgan fingerprint density at radius 3 is 2.67 bits per heavy atom. The van der Waals surface area contributed by atoms with Crippen molar-refractivity contribution in [2.75, 3.05) is 0 Å². The average Bonchev–Trinajstić information content (AvgIpc) is 2.97. The van der Waals surface area contributed by atoms with Crippen LogP contribution >= 0.6 is 0 Å². The molecular weight excluding hydrogens is 262 g/mol. The maximum Gasteiger partial charge on any atom is 0.295 e. The number of imidazole rings is 1. The molecular formula is C17H13N3O. The van der Waals surface area contributed by atoms with E-state index in [-0.39, 0.29) is 0 Å². The molecule has 2 aromatic heterocycles. The molecule has 21 heavy (non-hydrogen) atoms. The molecule has 0 atom stereocenters. The van der Waals surface area contributed by atoms with Gasteiger partial charge in [-0.2, -0.15) is 4.98 Å². The molecule has 102 valence electrons. The van der Waals surface area contributed by atoms with Gasteiger partial charge in [-0.25, -0.2) is 0 Å². The van der Waals surface area contributed by atoms with Crippen LogP contribution in [0, 0.1) is 0 Å². The van der Waals surface area contributed by atoms with Crippen LogP contribution in [0.5, 0.6) is 6.01 Å². The standard InChI is InChI=1S/C17H13N3O/c1-2-6-12(7-3-1)11-21-17-19-15-10-18-14-9-5-4-8-13(14)16(15)20-17/h1-10H,11H2,(H,19,20). The SMILES string of the molecule is c1ccc(COc2nc3c(cnc4ccccc43)[nH]2)cc1. The van der Waals surface area contributed by atoms with E-state index >= 15 is 0 Å². The van der Waals surface area contributed by atoms with Gasteiger partial charge < -0.3 is 9.72 Å². The summed E-state index contributed by atoms with van der Waals surface area (Å²) in [4.78, 5) is 12.1. The predicted octanol–water partition coefficient (Wildman–Crippen LogP) is 3.69. The average molecular weight is 275 g/mol. The second-order valence-electron chi connectivity index (χ2n) is 4.85. The van der Waals surface area contributed by atoms with Gasteiger partial charge >= 0.3 is 0 Å². The minimum Gasteiger partial charge on any atom is -0.460 e. The minimum atomic E-state index is 0.492. The van der Waals surface area contributed by atoms with E-state index in [1.54, 1.807) is 6.20 Å². The van der Waals surface area contributed by atoms with Gasteiger partial charge in [-0.15, -0.1) is 0 Å². The quantitative estimate of drug-likeness (QED) is 0.620. The summed E-state index contributed by atoms with van der Waals surface area (Å²) in [7, 11) is 0. The Morgan fingerprint density at radius 1 is 0.952 bits per heavy atom. The number of hydrogen-bond acceptors (Lipinski definition) is 3. The first-order valence-corrected chi connectivity index (χ1v) is 6.80. The first-order valence-electron chi connectivity index (χ1n) is 6.80. The molecule has 4 nitrogen and oxygen atoms in total. The van der Waals surface area contributed by atoms with Crippen LogP contribution in [-0.2, 0) is 6.61 Å². The zero-order valence-electron chi connectivity index (χ0n) is 11.3. The molecule has 0 saturated heterocycles. The molecule has 0 bridgehead atoms. The highest BCUT2D eigenvalue weighted by atomic mass is 16.5. The van der Waals surface area contributed by atoms with Gasteiger partial charge in [-0.3, -0.25) is 4.98 Å². The summed E-state index contributed by atoms with van der Waals surface area (Å²) in [5, 5.41) is 1.03. The van der Waals surface area contributed by atoms with Crippen LogP contribution in [0.15, 0.2) is 60.8 Å². The lowest BCUT2D eigenvalue weighted by Crippen LogP contribution is -1.95. The molecule has 0 spiro atoms. The monoisotopic (exact) mass is 275 g/mol. The van der Waals surface area contributed by atoms with Gasteiger partial charge in [-0.05, 0) is 11.6 Å². The van der Waals surface area contributed by atoms with Crippen molar-refractivity contribution in [2.45, 2.75) is 6.61 Å². The molecule has 1 N–H and O–H groups in total. The third-order valence-electron chi connectivity index (χ3n) is 3.42. The van der Waals surface area contributed by atoms with Crippen molar-refractivity contribution in [1.29, 1.82) is 0 Å². The second-order valence-corrected chi connectivity index (χ2v) is 4.85. The number of para-hydroxylation sites is 1. The van der Waals surface area contributed by atoms with E-state index in [1.165, 1.54) is 0 Å². The van der Waals surface area contributed by atoms with Gasteiger partial charge in [0.1, 0.15) is 12.1 Å². The van der Waals surface area contributed by atoms with Gasteiger partial charge in [-0.1, -0.05) is 48.5 Å². The fourth-order valence-electron chi connectivity index (χ4n) is 2.38. The molecule has 0 aliphatic rings. The van der Waals surface area contributed by atoms with E-state index in [0.717, 1.165) is 27.5 Å². The van der Waals surface area contributed by atoms with Gasteiger partial charge in [0.2, 0.25) is 0 Å². The summed E-state index contributed by atoms with van der Waals surface area (Å²) < 4.78 is 5.73. The third-order valence-corrected chi connectivity index (χ3v) is 3.42. The molecule has 4 heteroatoms. The van der Waals surface area contributed by atoms with Crippen molar-refractivity contribution in [3.8, 4) is 6.01 Å². The Bertz CT molecular complexity index is 900. The first kappa shape index (κ1) is 11.9. The van der Waals surface area contributed by atoms with Gasteiger partial charge in [0.25, 0.3) is 6.01 Å². The lowest BCUT2D eigenvalue weighted by Gasteiger charge is -2.01. The van der Waals surface area contributed by atoms with Crippen molar-refractivity contribution in [2.24, 2.45) is 0 Å². The summed E-state index contributed by atoms with van der Waals surface area (Å²) in [5.74, 6) is 0. The van der Waals surface area contributed by atoms with Crippen molar-refractivity contribution < 1.29 is 4.74 Å². The van der Waals surface area contributed by atoms with E-state index < -0.39 is 0 Å². The number of hydrogen-bond donors (Lipinski definition) is 1. The highest BCUT2D eigenvalue weighted by Gasteiger charge is 2.08. The number of benzene rings is 2. The topological polar surface area (TPSA) is 50.8 Å². The lowest BCUT2D eigenvalue weighted by molar-refractivity contribution is 0.285. The number of nitrogens with zero attached hydrogens (tertiary/aromatic N) is 2. The van der Waals surface area contributed by atoms with Crippen molar-refractivity contribution in [1.82, 2.24) is 15.0 Å². The molecule has 0 radical (unpaired) electrons. The molecule has 0 saturated carbocycles. The minimum absolute atomic E-state index is 0.492. The molecule has 0 amide bonds. The molecule has 0 unspecified atom stereocenters. The molecule has 4 aromatic rings. The van der Waals surface area contributed by atoms with Gasteiger partial charge in [0.15, 0.2) is 0 Å².